The van der Waals surface area contributed by atoms with Crippen LogP contribution in [0.2, 0.25) is 0 Å². The summed E-state index contributed by atoms with van der Waals surface area (Å²) in [5.41, 5.74) is 2.42. The molecular formula is C22H24FN3O2. The molecule has 0 unspecified atom stereocenters. The van der Waals surface area contributed by atoms with Gasteiger partial charge in [0.25, 0.3) is 0 Å². The molecule has 2 aromatic carbocycles. The van der Waals surface area contributed by atoms with E-state index in [-0.39, 0.29) is 24.2 Å². The number of carbonyl (C=O) groups excluding carboxylic acids is 2. The Balaban J connectivity index is 1.43. The summed E-state index contributed by atoms with van der Waals surface area (Å²) in [7, 11) is 0. The topological polar surface area (TPSA) is 52.7 Å². The number of para-hydroxylation sites is 2. The number of nitrogens with zero attached hydrogens (tertiary/aromatic N) is 2. The highest BCUT2D eigenvalue weighted by Crippen LogP contribution is 2.30. The number of carbonyl (C=O) groups is 2. The van der Waals surface area contributed by atoms with Gasteiger partial charge in [-0.1, -0.05) is 24.3 Å². The first kappa shape index (κ1) is 18.6. The van der Waals surface area contributed by atoms with Crippen molar-refractivity contribution in [2.45, 2.75) is 38.3 Å². The Morgan fingerprint density at radius 1 is 1.14 bits per heavy atom. The molecule has 0 radical (unpaired) electrons. The molecule has 2 fully saturated rings. The van der Waals surface area contributed by atoms with E-state index in [4.69, 9.17) is 0 Å². The minimum atomic E-state index is -0.257. The first-order chi connectivity index (χ1) is 13.6. The zero-order chi connectivity index (χ0) is 19.5. The van der Waals surface area contributed by atoms with E-state index in [1.165, 1.54) is 12.1 Å². The lowest BCUT2D eigenvalue weighted by atomic mass is 10.2. The summed E-state index contributed by atoms with van der Waals surface area (Å²) in [6.07, 6.45) is 3.55. The Bertz CT molecular complexity index is 864. The van der Waals surface area contributed by atoms with E-state index in [1.807, 2.05) is 24.3 Å². The van der Waals surface area contributed by atoms with Crippen molar-refractivity contribution in [3.63, 3.8) is 0 Å². The normalized spacial score (nSPS) is 16.6. The average Bonchev–Trinajstić information content (AvgIpc) is 3.45. The number of anilines is 2. The quantitative estimate of drug-likeness (QED) is 0.798. The Kier molecular flexibility index (Phi) is 5.39. The Hall–Kier alpha value is -2.73. The molecule has 1 aliphatic heterocycles. The minimum Gasteiger partial charge on any atom is -0.323 e. The van der Waals surface area contributed by atoms with Gasteiger partial charge in [0.2, 0.25) is 11.8 Å². The van der Waals surface area contributed by atoms with E-state index < -0.39 is 0 Å². The van der Waals surface area contributed by atoms with Crippen molar-refractivity contribution in [2.24, 2.45) is 0 Å². The van der Waals surface area contributed by atoms with Crippen LogP contribution in [-0.4, -0.2) is 35.8 Å². The molecule has 0 aromatic heterocycles. The molecule has 1 heterocycles. The number of nitrogens with one attached hydrogen (secondary N) is 1. The van der Waals surface area contributed by atoms with E-state index in [1.54, 1.807) is 17.0 Å². The fourth-order valence-corrected chi connectivity index (χ4v) is 3.67. The van der Waals surface area contributed by atoms with Crippen LogP contribution in [0.15, 0.2) is 48.5 Å². The van der Waals surface area contributed by atoms with Crippen LogP contribution < -0.4 is 10.2 Å². The van der Waals surface area contributed by atoms with Gasteiger partial charge in [-0.15, -0.1) is 0 Å². The zero-order valence-electron chi connectivity index (χ0n) is 15.7. The molecule has 146 valence electrons. The fraction of sp³-hybridized carbons (Fsp3) is 0.364. The van der Waals surface area contributed by atoms with Crippen LogP contribution in [0.25, 0.3) is 0 Å². The highest BCUT2D eigenvalue weighted by molar-refractivity contribution is 6.02. The first-order valence-electron chi connectivity index (χ1n) is 9.78. The third kappa shape index (κ3) is 4.39. The summed E-state index contributed by atoms with van der Waals surface area (Å²) < 4.78 is 13.1. The maximum Gasteiger partial charge on any atom is 0.238 e. The van der Waals surface area contributed by atoms with Gasteiger partial charge in [-0.3, -0.25) is 14.5 Å². The van der Waals surface area contributed by atoms with E-state index in [9.17, 15) is 14.0 Å². The van der Waals surface area contributed by atoms with Crippen molar-refractivity contribution >= 4 is 23.2 Å². The summed E-state index contributed by atoms with van der Waals surface area (Å²) in [6.45, 7) is 1.57. The van der Waals surface area contributed by atoms with Crippen LogP contribution in [-0.2, 0) is 16.1 Å². The number of hydrogen-bond donors (Lipinski definition) is 1. The molecule has 4 rings (SSSR count). The summed E-state index contributed by atoms with van der Waals surface area (Å²) in [4.78, 5) is 28.7. The highest BCUT2D eigenvalue weighted by atomic mass is 19.1. The molecule has 0 bridgehead atoms. The van der Waals surface area contributed by atoms with Gasteiger partial charge in [0.1, 0.15) is 5.82 Å². The summed E-state index contributed by atoms with van der Waals surface area (Å²) >= 11 is 0. The van der Waals surface area contributed by atoms with Gasteiger partial charge in [-0.05, 0) is 49.1 Å². The predicted molar refractivity (Wildman–Crippen MR) is 106 cm³/mol. The Morgan fingerprint density at radius 2 is 1.89 bits per heavy atom. The monoisotopic (exact) mass is 381 g/mol. The molecule has 6 heteroatoms. The van der Waals surface area contributed by atoms with Gasteiger partial charge in [-0.2, -0.15) is 0 Å². The molecule has 28 heavy (non-hydrogen) atoms. The second kappa shape index (κ2) is 8.10. The predicted octanol–water partition coefficient (Wildman–Crippen LogP) is 3.56. The van der Waals surface area contributed by atoms with Gasteiger partial charge in [-0.25, -0.2) is 4.39 Å². The summed E-state index contributed by atoms with van der Waals surface area (Å²) in [5.74, 6) is -0.266. The minimum absolute atomic E-state index is 0.0950. The SMILES string of the molecule is O=C(CN(Cc1ccc(F)cc1)C1CC1)Nc1ccccc1N1CCCC1=O. The lowest BCUT2D eigenvalue weighted by Crippen LogP contribution is -2.35. The van der Waals surface area contributed by atoms with Crippen LogP contribution >= 0.6 is 0 Å². The number of rotatable bonds is 7. The average molecular weight is 381 g/mol. The molecule has 2 aromatic rings. The van der Waals surface area contributed by atoms with Crippen molar-refractivity contribution in [2.75, 3.05) is 23.3 Å². The Labute approximate surface area is 164 Å². The largest absolute Gasteiger partial charge is 0.323 e. The fourth-order valence-electron chi connectivity index (χ4n) is 3.67. The van der Waals surface area contributed by atoms with Crippen molar-refractivity contribution in [1.29, 1.82) is 0 Å². The van der Waals surface area contributed by atoms with E-state index in [0.29, 0.717) is 31.2 Å². The molecule has 1 aliphatic carbocycles. The number of hydrogen-bond acceptors (Lipinski definition) is 3. The van der Waals surface area contributed by atoms with Gasteiger partial charge < -0.3 is 10.2 Å². The maximum absolute atomic E-state index is 13.1. The second-order valence-electron chi connectivity index (χ2n) is 7.48. The zero-order valence-corrected chi connectivity index (χ0v) is 15.7. The molecule has 2 aliphatic rings. The molecule has 1 saturated carbocycles. The summed E-state index contributed by atoms with van der Waals surface area (Å²) in [6, 6.07) is 14.3. The van der Waals surface area contributed by atoms with Crippen molar-refractivity contribution in [3.05, 3.63) is 59.9 Å². The van der Waals surface area contributed by atoms with Gasteiger partial charge >= 0.3 is 0 Å². The van der Waals surface area contributed by atoms with Crippen LogP contribution in [0.3, 0.4) is 0 Å². The number of halogens is 1. The van der Waals surface area contributed by atoms with Crippen LogP contribution in [0.4, 0.5) is 15.8 Å². The maximum atomic E-state index is 13.1. The molecule has 0 spiro atoms. The first-order valence-corrected chi connectivity index (χ1v) is 9.78. The van der Waals surface area contributed by atoms with Crippen molar-refractivity contribution in [3.8, 4) is 0 Å². The molecule has 1 N–H and O–H groups in total. The van der Waals surface area contributed by atoms with Crippen LogP contribution in [0.5, 0.6) is 0 Å². The lowest BCUT2D eigenvalue weighted by molar-refractivity contribution is -0.118. The molecule has 2 amide bonds. The molecule has 5 nitrogen and oxygen atoms in total. The van der Waals surface area contributed by atoms with Gasteiger partial charge in [0.05, 0.1) is 17.9 Å². The van der Waals surface area contributed by atoms with E-state index in [2.05, 4.69) is 10.2 Å². The van der Waals surface area contributed by atoms with E-state index >= 15 is 0 Å². The number of amides is 2. The second-order valence-corrected chi connectivity index (χ2v) is 7.48. The highest BCUT2D eigenvalue weighted by Gasteiger charge is 2.31. The summed E-state index contributed by atoms with van der Waals surface area (Å²) in [5, 5.41) is 2.98. The standard InChI is InChI=1S/C22H24FN3O2/c23-17-9-7-16(8-10-17)14-25(18-11-12-18)15-21(27)24-19-4-1-2-5-20(19)26-13-3-6-22(26)28/h1-2,4-5,7-10,18H,3,6,11-15H2,(H,24,27). The molecule has 1 saturated heterocycles. The third-order valence-corrected chi connectivity index (χ3v) is 5.25. The van der Waals surface area contributed by atoms with Gasteiger partial charge in [0, 0.05) is 25.6 Å². The Morgan fingerprint density at radius 3 is 2.57 bits per heavy atom. The smallest absolute Gasteiger partial charge is 0.238 e. The van der Waals surface area contributed by atoms with Crippen LogP contribution in [0.1, 0.15) is 31.2 Å². The van der Waals surface area contributed by atoms with E-state index in [0.717, 1.165) is 30.5 Å². The van der Waals surface area contributed by atoms with Crippen molar-refractivity contribution < 1.29 is 14.0 Å². The van der Waals surface area contributed by atoms with Crippen molar-refractivity contribution in [1.82, 2.24) is 4.90 Å². The lowest BCUT2D eigenvalue weighted by Gasteiger charge is -2.23. The third-order valence-electron chi connectivity index (χ3n) is 5.25. The molecular weight excluding hydrogens is 357 g/mol. The number of benzene rings is 2. The van der Waals surface area contributed by atoms with Gasteiger partial charge in [0.15, 0.2) is 0 Å². The molecule has 0 atom stereocenters. The van der Waals surface area contributed by atoms with Crippen LogP contribution in [0, 0.1) is 5.82 Å².